The van der Waals surface area contributed by atoms with E-state index in [2.05, 4.69) is 5.32 Å². The van der Waals surface area contributed by atoms with Gasteiger partial charge in [0.25, 0.3) is 0 Å². The molecule has 0 spiro atoms. The predicted octanol–water partition coefficient (Wildman–Crippen LogP) is -0.135. The van der Waals surface area contributed by atoms with Gasteiger partial charge in [-0.25, -0.2) is 0 Å². The first-order chi connectivity index (χ1) is 10.4. The second-order valence-electron chi connectivity index (χ2n) is 5.11. The van der Waals surface area contributed by atoms with Gasteiger partial charge in [-0.15, -0.1) is 0 Å². The van der Waals surface area contributed by atoms with E-state index in [1.165, 1.54) is 7.11 Å². The van der Waals surface area contributed by atoms with Crippen LogP contribution in [0.1, 0.15) is 12.0 Å². The second kappa shape index (κ2) is 7.88. The molecule has 0 aliphatic carbocycles. The third kappa shape index (κ3) is 4.03. The maximum absolute atomic E-state index is 12.0. The Kier molecular flexibility index (Phi) is 6.48. The van der Waals surface area contributed by atoms with E-state index in [0.29, 0.717) is 11.4 Å². The fourth-order valence-electron chi connectivity index (χ4n) is 1.86. The predicted molar refractivity (Wildman–Crippen MR) is 79.7 cm³/mol. The minimum absolute atomic E-state index is 0.419. The summed E-state index contributed by atoms with van der Waals surface area (Å²) in [7, 11) is 1.46. The zero-order valence-corrected chi connectivity index (χ0v) is 12.6. The molecule has 122 valence electrons. The van der Waals surface area contributed by atoms with E-state index in [-0.39, 0.29) is 0 Å². The molecule has 7 heteroatoms. The zero-order chi connectivity index (χ0) is 16.8. The van der Waals surface area contributed by atoms with Gasteiger partial charge in [-0.05, 0) is 24.6 Å². The van der Waals surface area contributed by atoms with Crippen LogP contribution in [-0.2, 0) is 9.59 Å². The molecule has 0 aliphatic heterocycles. The highest BCUT2D eigenvalue weighted by atomic mass is 16.5. The number of aryl methyl sites for hydroxylation is 1. The van der Waals surface area contributed by atoms with Gasteiger partial charge in [0.1, 0.15) is 5.75 Å². The maximum Gasteiger partial charge on any atom is 0.231 e. The Morgan fingerprint density at radius 3 is 2.27 bits per heavy atom. The number of anilines is 1. The summed E-state index contributed by atoms with van der Waals surface area (Å²) in [5, 5.41) is 30.1. The standard InChI is InChI=1S/C15H21NO6/c1-10-3-4-12(22-2)11(5-10)16-14(21)6-13(20)15(7-17,8-18)9-19/h3-5,17-19H,6-9H2,1-2H3,(H,16,21). The van der Waals surface area contributed by atoms with Crippen LogP contribution < -0.4 is 10.1 Å². The summed E-state index contributed by atoms with van der Waals surface area (Å²) < 4.78 is 5.12. The maximum atomic E-state index is 12.0. The number of benzene rings is 1. The number of ketones is 1. The van der Waals surface area contributed by atoms with E-state index >= 15 is 0 Å². The molecule has 0 unspecified atom stereocenters. The summed E-state index contributed by atoms with van der Waals surface area (Å²) in [5.74, 6) is -0.901. The molecule has 0 saturated carbocycles. The third-order valence-corrected chi connectivity index (χ3v) is 3.45. The first-order valence-electron chi connectivity index (χ1n) is 6.73. The van der Waals surface area contributed by atoms with Gasteiger partial charge >= 0.3 is 0 Å². The van der Waals surface area contributed by atoms with E-state index in [9.17, 15) is 24.9 Å². The first-order valence-corrected chi connectivity index (χ1v) is 6.73. The molecule has 0 heterocycles. The van der Waals surface area contributed by atoms with Crippen molar-refractivity contribution < 1.29 is 29.6 Å². The van der Waals surface area contributed by atoms with Crippen LogP contribution in [0.5, 0.6) is 5.75 Å². The molecule has 1 rings (SSSR count). The lowest BCUT2D eigenvalue weighted by Gasteiger charge is -2.25. The molecule has 1 aromatic rings. The number of aliphatic hydroxyl groups is 3. The minimum atomic E-state index is -1.71. The van der Waals surface area contributed by atoms with E-state index < -0.39 is 43.3 Å². The van der Waals surface area contributed by atoms with Crippen molar-refractivity contribution in [1.82, 2.24) is 0 Å². The molecular formula is C15H21NO6. The van der Waals surface area contributed by atoms with E-state index in [1.54, 1.807) is 12.1 Å². The van der Waals surface area contributed by atoms with E-state index in [4.69, 9.17) is 4.74 Å². The Hall–Kier alpha value is -1.96. The summed E-state index contributed by atoms with van der Waals surface area (Å²) in [6.07, 6.45) is -0.571. The fourth-order valence-corrected chi connectivity index (χ4v) is 1.86. The summed E-state index contributed by atoms with van der Waals surface area (Å²) in [6, 6.07) is 5.19. The highest BCUT2D eigenvalue weighted by Gasteiger charge is 2.37. The molecule has 4 N–H and O–H groups in total. The number of amides is 1. The number of methoxy groups -OCH3 is 1. The van der Waals surface area contributed by atoms with Gasteiger partial charge in [0.2, 0.25) is 5.91 Å². The topological polar surface area (TPSA) is 116 Å². The Labute approximate surface area is 128 Å². The van der Waals surface area contributed by atoms with Gasteiger partial charge in [-0.3, -0.25) is 9.59 Å². The zero-order valence-electron chi connectivity index (χ0n) is 12.6. The minimum Gasteiger partial charge on any atom is -0.495 e. The largest absolute Gasteiger partial charge is 0.495 e. The average Bonchev–Trinajstić information content (AvgIpc) is 2.49. The molecule has 7 nitrogen and oxygen atoms in total. The Bertz CT molecular complexity index is 531. The number of carbonyl (C=O) groups excluding carboxylic acids is 2. The Morgan fingerprint density at radius 2 is 1.77 bits per heavy atom. The number of ether oxygens (including phenoxy) is 1. The Balaban J connectivity index is 2.82. The van der Waals surface area contributed by atoms with Crippen LogP contribution in [-0.4, -0.2) is 53.9 Å². The van der Waals surface area contributed by atoms with Crippen LogP contribution in [0.3, 0.4) is 0 Å². The molecule has 1 amide bonds. The molecule has 0 saturated heterocycles. The average molecular weight is 311 g/mol. The molecule has 0 radical (unpaired) electrons. The smallest absolute Gasteiger partial charge is 0.231 e. The molecule has 0 fully saturated rings. The van der Waals surface area contributed by atoms with Crippen molar-refractivity contribution >= 4 is 17.4 Å². The molecule has 0 aromatic heterocycles. The van der Waals surface area contributed by atoms with Gasteiger partial charge in [-0.1, -0.05) is 6.07 Å². The number of Topliss-reactive ketones (excluding diaryl/α,β-unsaturated/α-hetero) is 1. The van der Waals surface area contributed by atoms with Crippen LogP contribution in [0.15, 0.2) is 18.2 Å². The van der Waals surface area contributed by atoms with Gasteiger partial charge in [0.05, 0.1) is 44.5 Å². The van der Waals surface area contributed by atoms with Gasteiger partial charge in [0, 0.05) is 0 Å². The lowest BCUT2D eigenvalue weighted by molar-refractivity contribution is -0.139. The monoisotopic (exact) mass is 311 g/mol. The van der Waals surface area contributed by atoms with Gasteiger partial charge in [0.15, 0.2) is 5.78 Å². The quantitative estimate of drug-likeness (QED) is 0.497. The number of carbonyl (C=O) groups is 2. The van der Waals surface area contributed by atoms with E-state index in [0.717, 1.165) is 5.56 Å². The van der Waals surface area contributed by atoms with Crippen LogP contribution in [0.4, 0.5) is 5.69 Å². The summed E-state index contributed by atoms with van der Waals surface area (Å²) in [4.78, 5) is 24.0. The first kappa shape index (κ1) is 18.1. The van der Waals surface area contributed by atoms with Crippen molar-refractivity contribution in [2.24, 2.45) is 5.41 Å². The second-order valence-corrected chi connectivity index (χ2v) is 5.11. The van der Waals surface area contributed by atoms with Gasteiger partial charge in [-0.2, -0.15) is 0 Å². The van der Waals surface area contributed by atoms with Crippen molar-refractivity contribution in [3.63, 3.8) is 0 Å². The fraction of sp³-hybridized carbons (Fsp3) is 0.467. The molecular weight excluding hydrogens is 290 g/mol. The number of rotatable bonds is 8. The van der Waals surface area contributed by atoms with Crippen molar-refractivity contribution in [2.75, 3.05) is 32.2 Å². The number of hydrogen-bond donors (Lipinski definition) is 4. The molecule has 1 aromatic carbocycles. The lowest BCUT2D eigenvalue weighted by Crippen LogP contribution is -2.43. The highest BCUT2D eigenvalue weighted by molar-refractivity contribution is 6.06. The van der Waals surface area contributed by atoms with Crippen LogP contribution in [0.2, 0.25) is 0 Å². The van der Waals surface area contributed by atoms with Crippen LogP contribution >= 0.6 is 0 Å². The third-order valence-electron chi connectivity index (χ3n) is 3.45. The summed E-state index contributed by atoms with van der Waals surface area (Å²) >= 11 is 0. The van der Waals surface area contributed by atoms with Crippen molar-refractivity contribution in [2.45, 2.75) is 13.3 Å². The van der Waals surface area contributed by atoms with Crippen molar-refractivity contribution in [3.8, 4) is 5.75 Å². The van der Waals surface area contributed by atoms with Crippen molar-refractivity contribution in [3.05, 3.63) is 23.8 Å². The molecule has 22 heavy (non-hydrogen) atoms. The molecule has 0 aliphatic rings. The number of hydrogen-bond acceptors (Lipinski definition) is 6. The number of nitrogens with one attached hydrogen (secondary N) is 1. The molecule has 0 bridgehead atoms. The SMILES string of the molecule is COc1ccc(C)cc1NC(=O)CC(=O)C(CO)(CO)CO. The highest BCUT2D eigenvalue weighted by Crippen LogP contribution is 2.26. The van der Waals surface area contributed by atoms with Crippen LogP contribution in [0, 0.1) is 12.3 Å². The van der Waals surface area contributed by atoms with Crippen molar-refractivity contribution in [1.29, 1.82) is 0 Å². The lowest BCUT2D eigenvalue weighted by atomic mass is 9.84. The van der Waals surface area contributed by atoms with Gasteiger partial charge < -0.3 is 25.4 Å². The Morgan fingerprint density at radius 1 is 1.18 bits per heavy atom. The summed E-state index contributed by atoms with van der Waals surface area (Å²) in [6.45, 7) is -0.367. The number of aliphatic hydroxyl groups excluding tert-OH is 3. The summed E-state index contributed by atoms with van der Waals surface area (Å²) in [5.41, 5.74) is -0.394. The normalized spacial score (nSPS) is 11.1. The molecule has 0 atom stereocenters. The van der Waals surface area contributed by atoms with E-state index in [1.807, 2.05) is 13.0 Å². The van der Waals surface area contributed by atoms with Crippen LogP contribution in [0.25, 0.3) is 0 Å².